The van der Waals surface area contributed by atoms with Gasteiger partial charge in [-0.1, -0.05) is 0 Å². The van der Waals surface area contributed by atoms with Crippen molar-refractivity contribution >= 4 is 22.9 Å². The Balaban J connectivity index is 2.08. The predicted octanol–water partition coefficient (Wildman–Crippen LogP) is -0.953. The van der Waals surface area contributed by atoms with E-state index in [0.29, 0.717) is 24.0 Å². The number of aromatic nitrogens is 4. The van der Waals surface area contributed by atoms with Crippen molar-refractivity contribution in [2.75, 3.05) is 11.5 Å². The standard InChI is InChI=1S/C10H14N6O2/c11-8-7-9(15-10(12)14-8)16(3-13-7)4-1-5(17)6(18)2-4/h3-6,17-18H,1-2H2,(H4,11,12,14,15)/t4?,5-,6+. The Kier molecular flexibility index (Phi) is 2.35. The number of hydrogen-bond acceptors (Lipinski definition) is 7. The van der Waals surface area contributed by atoms with E-state index in [0.717, 1.165) is 0 Å². The van der Waals surface area contributed by atoms with Crippen LogP contribution in [0.5, 0.6) is 0 Å². The third-order valence-corrected chi connectivity index (χ3v) is 3.33. The summed E-state index contributed by atoms with van der Waals surface area (Å²) < 4.78 is 1.78. The van der Waals surface area contributed by atoms with Crippen molar-refractivity contribution in [2.24, 2.45) is 0 Å². The minimum Gasteiger partial charge on any atom is -0.390 e. The number of rotatable bonds is 1. The molecule has 0 bridgehead atoms. The number of fused-ring (bicyclic) bond motifs is 1. The molecular weight excluding hydrogens is 236 g/mol. The van der Waals surface area contributed by atoms with Gasteiger partial charge in [-0.05, 0) is 12.8 Å². The first-order valence-corrected chi connectivity index (χ1v) is 5.68. The maximum Gasteiger partial charge on any atom is 0.224 e. The zero-order valence-electron chi connectivity index (χ0n) is 9.56. The van der Waals surface area contributed by atoms with Crippen LogP contribution in [0.15, 0.2) is 6.33 Å². The van der Waals surface area contributed by atoms with Crippen LogP contribution < -0.4 is 11.5 Å². The molecule has 0 spiro atoms. The molecule has 0 amide bonds. The topological polar surface area (TPSA) is 136 Å². The SMILES string of the molecule is Nc1nc(N)c2ncn(C3C[C@@H](O)[C@@H](O)C3)c2n1. The van der Waals surface area contributed by atoms with Crippen LogP contribution in [0.4, 0.5) is 11.8 Å². The molecule has 6 N–H and O–H groups in total. The third-order valence-electron chi connectivity index (χ3n) is 3.33. The van der Waals surface area contributed by atoms with Gasteiger partial charge in [0.05, 0.1) is 18.5 Å². The Morgan fingerprint density at radius 1 is 1.17 bits per heavy atom. The Hall–Kier alpha value is -1.93. The largest absolute Gasteiger partial charge is 0.390 e. The van der Waals surface area contributed by atoms with Gasteiger partial charge in [0.25, 0.3) is 0 Å². The molecule has 2 aromatic rings. The van der Waals surface area contributed by atoms with Gasteiger partial charge >= 0.3 is 0 Å². The predicted molar refractivity (Wildman–Crippen MR) is 64.4 cm³/mol. The van der Waals surface area contributed by atoms with Crippen molar-refractivity contribution in [2.45, 2.75) is 31.1 Å². The number of aliphatic hydroxyl groups is 2. The summed E-state index contributed by atoms with van der Waals surface area (Å²) in [5.74, 6) is 0.316. The molecular formula is C10H14N6O2. The highest BCUT2D eigenvalue weighted by molar-refractivity contribution is 5.82. The van der Waals surface area contributed by atoms with Crippen molar-refractivity contribution in [1.82, 2.24) is 19.5 Å². The molecule has 0 aliphatic heterocycles. The quantitative estimate of drug-likeness (QED) is 0.512. The molecule has 1 unspecified atom stereocenters. The number of nitrogen functional groups attached to an aromatic ring is 2. The number of anilines is 2. The van der Waals surface area contributed by atoms with E-state index in [2.05, 4.69) is 15.0 Å². The molecule has 18 heavy (non-hydrogen) atoms. The van der Waals surface area contributed by atoms with Crippen LogP contribution in [0.3, 0.4) is 0 Å². The first-order valence-electron chi connectivity index (χ1n) is 5.68. The Morgan fingerprint density at radius 2 is 1.83 bits per heavy atom. The van der Waals surface area contributed by atoms with Crippen molar-refractivity contribution in [1.29, 1.82) is 0 Å². The van der Waals surface area contributed by atoms with Crippen LogP contribution in [0.1, 0.15) is 18.9 Å². The summed E-state index contributed by atoms with van der Waals surface area (Å²) in [6, 6.07) is -0.0614. The van der Waals surface area contributed by atoms with Crippen molar-refractivity contribution in [3.8, 4) is 0 Å². The molecule has 2 aromatic heterocycles. The summed E-state index contributed by atoms with van der Waals surface area (Å²) in [6.45, 7) is 0. The van der Waals surface area contributed by atoms with Gasteiger partial charge in [-0.25, -0.2) is 4.98 Å². The van der Waals surface area contributed by atoms with E-state index < -0.39 is 12.2 Å². The second-order valence-corrected chi connectivity index (χ2v) is 4.55. The van der Waals surface area contributed by atoms with Gasteiger partial charge in [0, 0.05) is 6.04 Å². The van der Waals surface area contributed by atoms with Crippen LogP contribution >= 0.6 is 0 Å². The summed E-state index contributed by atoms with van der Waals surface area (Å²) >= 11 is 0. The molecule has 3 rings (SSSR count). The molecule has 8 heteroatoms. The average molecular weight is 250 g/mol. The molecule has 1 saturated carbocycles. The Labute approximate surface area is 102 Å². The van der Waals surface area contributed by atoms with Crippen LogP contribution in [-0.2, 0) is 0 Å². The fraction of sp³-hybridized carbons (Fsp3) is 0.500. The summed E-state index contributed by atoms with van der Waals surface area (Å²) in [4.78, 5) is 12.1. The molecule has 0 aromatic carbocycles. The van der Waals surface area contributed by atoms with E-state index in [1.807, 2.05) is 0 Å². The van der Waals surface area contributed by atoms with Gasteiger partial charge in [-0.15, -0.1) is 0 Å². The average Bonchev–Trinajstić information content (AvgIpc) is 2.83. The highest BCUT2D eigenvalue weighted by Crippen LogP contribution is 2.32. The summed E-state index contributed by atoms with van der Waals surface area (Å²) in [5, 5.41) is 19.2. The fourth-order valence-corrected chi connectivity index (χ4v) is 2.42. The van der Waals surface area contributed by atoms with E-state index in [4.69, 9.17) is 11.5 Å². The second kappa shape index (κ2) is 3.79. The molecule has 0 radical (unpaired) electrons. The van der Waals surface area contributed by atoms with Crippen LogP contribution in [-0.4, -0.2) is 41.9 Å². The van der Waals surface area contributed by atoms with Gasteiger partial charge in [0.1, 0.15) is 5.52 Å². The highest BCUT2D eigenvalue weighted by Gasteiger charge is 2.33. The zero-order chi connectivity index (χ0) is 12.9. The lowest BCUT2D eigenvalue weighted by atomic mass is 10.2. The summed E-state index contributed by atoms with van der Waals surface area (Å²) in [7, 11) is 0. The second-order valence-electron chi connectivity index (χ2n) is 4.55. The van der Waals surface area contributed by atoms with E-state index >= 15 is 0 Å². The van der Waals surface area contributed by atoms with Crippen molar-refractivity contribution in [3.05, 3.63) is 6.33 Å². The smallest absolute Gasteiger partial charge is 0.224 e. The van der Waals surface area contributed by atoms with Gasteiger partial charge in [0.15, 0.2) is 11.5 Å². The van der Waals surface area contributed by atoms with Gasteiger partial charge in [0.2, 0.25) is 5.95 Å². The van der Waals surface area contributed by atoms with Gasteiger partial charge in [-0.3, -0.25) is 0 Å². The van der Waals surface area contributed by atoms with Crippen LogP contribution in [0.25, 0.3) is 11.2 Å². The molecule has 1 aliphatic carbocycles. The van der Waals surface area contributed by atoms with Crippen molar-refractivity contribution in [3.63, 3.8) is 0 Å². The minimum atomic E-state index is -0.719. The Bertz CT molecular complexity index is 587. The highest BCUT2D eigenvalue weighted by atomic mass is 16.3. The number of nitrogens with zero attached hydrogens (tertiary/aromatic N) is 4. The molecule has 3 atom stereocenters. The number of hydrogen-bond donors (Lipinski definition) is 4. The first-order chi connectivity index (χ1) is 8.56. The Morgan fingerprint density at radius 3 is 2.50 bits per heavy atom. The molecule has 8 nitrogen and oxygen atoms in total. The maximum atomic E-state index is 9.58. The lowest BCUT2D eigenvalue weighted by Crippen LogP contribution is -2.17. The van der Waals surface area contributed by atoms with Gasteiger partial charge < -0.3 is 26.2 Å². The lowest BCUT2D eigenvalue weighted by Gasteiger charge is -2.11. The molecule has 96 valence electrons. The third kappa shape index (κ3) is 1.57. The summed E-state index contributed by atoms with van der Waals surface area (Å²) in [5.41, 5.74) is 12.3. The zero-order valence-corrected chi connectivity index (χ0v) is 9.56. The van der Waals surface area contributed by atoms with E-state index in [1.165, 1.54) is 0 Å². The van der Waals surface area contributed by atoms with E-state index in [1.54, 1.807) is 10.9 Å². The van der Waals surface area contributed by atoms with Gasteiger partial charge in [-0.2, -0.15) is 9.97 Å². The molecule has 2 heterocycles. The van der Waals surface area contributed by atoms with Crippen LogP contribution in [0, 0.1) is 0 Å². The molecule has 0 saturated heterocycles. The van der Waals surface area contributed by atoms with Crippen molar-refractivity contribution < 1.29 is 10.2 Å². The number of imidazole rings is 1. The molecule has 1 aliphatic rings. The maximum absolute atomic E-state index is 9.58. The number of aliphatic hydroxyl groups excluding tert-OH is 2. The fourth-order valence-electron chi connectivity index (χ4n) is 2.42. The lowest BCUT2D eigenvalue weighted by molar-refractivity contribution is 0.0438. The van der Waals surface area contributed by atoms with E-state index in [9.17, 15) is 10.2 Å². The normalized spacial score (nSPS) is 28.0. The monoisotopic (exact) mass is 250 g/mol. The van der Waals surface area contributed by atoms with Crippen LogP contribution in [0.2, 0.25) is 0 Å². The molecule has 1 fully saturated rings. The first kappa shape index (κ1) is 11.2. The number of nitrogens with two attached hydrogens (primary N) is 2. The van der Waals surface area contributed by atoms with E-state index in [-0.39, 0.29) is 17.8 Å². The minimum absolute atomic E-state index is 0.0614. The summed E-state index contributed by atoms with van der Waals surface area (Å²) in [6.07, 6.45) is 1.06.